The number of carbonyl (C=O) groups is 1. The molecule has 0 bridgehead atoms. The molecule has 0 saturated carbocycles. The number of hydrogen-bond acceptors (Lipinski definition) is 7. The van der Waals surface area contributed by atoms with Gasteiger partial charge in [0.25, 0.3) is 0 Å². The average Bonchev–Trinajstić information content (AvgIpc) is 3.65. The molecule has 0 spiro atoms. The molecule has 4 heterocycles. The number of carbonyl (C=O) groups excluding carboxylic acids is 1. The van der Waals surface area contributed by atoms with Gasteiger partial charge in [-0.25, -0.2) is 4.98 Å². The number of ether oxygens (including phenoxy) is 2. The zero-order valence-corrected chi connectivity index (χ0v) is 23.1. The van der Waals surface area contributed by atoms with Crippen LogP contribution in [0.3, 0.4) is 0 Å². The van der Waals surface area contributed by atoms with Gasteiger partial charge in [0.15, 0.2) is 5.58 Å². The van der Waals surface area contributed by atoms with E-state index in [4.69, 9.17) is 30.6 Å². The third-order valence-electron chi connectivity index (χ3n) is 7.81. The smallest absolute Gasteiger partial charge is 0.227 e. The fraction of sp³-hybridized carbons (Fsp3) is 0.414. The van der Waals surface area contributed by atoms with Gasteiger partial charge in [0.2, 0.25) is 5.91 Å². The van der Waals surface area contributed by atoms with Crippen molar-refractivity contribution < 1.29 is 18.8 Å². The molecule has 2 fully saturated rings. The molecule has 39 heavy (non-hydrogen) atoms. The quantitative estimate of drug-likeness (QED) is 0.311. The summed E-state index contributed by atoms with van der Waals surface area (Å²) in [7, 11) is 1.58. The van der Waals surface area contributed by atoms with E-state index in [1.54, 1.807) is 19.2 Å². The van der Waals surface area contributed by atoms with Crippen molar-refractivity contribution in [2.45, 2.75) is 45.3 Å². The summed E-state index contributed by atoms with van der Waals surface area (Å²) in [5.74, 6) is 1.50. The van der Waals surface area contributed by atoms with E-state index in [0.29, 0.717) is 23.6 Å². The number of imidazole rings is 1. The predicted octanol–water partition coefficient (Wildman–Crippen LogP) is 5.25. The van der Waals surface area contributed by atoms with Crippen LogP contribution >= 0.6 is 11.6 Å². The second-order valence-corrected chi connectivity index (χ2v) is 10.7. The Kier molecular flexibility index (Phi) is 7.05. The largest absolute Gasteiger partial charge is 0.495 e. The predicted molar refractivity (Wildman–Crippen MR) is 149 cm³/mol. The number of benzene rings is 2. The van der Waals surface area contributed by atoms with E-state index in [0.717, 1.165) is 72.3 Å². The first-order valence-corrected chi connectivity index (χ1v) is 13.7. The minimum Gasteiger partial charge on any atom is -0.495 e. The van der Waals surface area contributed by atoms with Crippen LogP contribution in [-0.4, -0.2) is 65.0 Å². The Hall–Kier alpha value is -3.40. The van der Waals surface area contributed by atoms with E-state index in [1.807, 2.05) is 30.0 Å². The van der Waals surface area contributed by atoms with Gasteiger partial charge in [-0.1, -0.05) is 16.8 Å². The summed E-state index contributed by atoms with van der Waals surface area (Å²) in [4.78, 5) is 22.7. The standard InChI is InChI=1S/C29H32ClN5O4/c1-18(33-10-12-38-13-11-33)16-34-17-24(20-4-7-26-22(14-20)19(2)32-39-26)31-29(34)25-6-9-28(36)35(25)21-5-8-27(37-3)23(30)15-21/h4-5,7-8,14-15,17-18,25H,6,9-13,16H2,1-3H3/t18-,25+/m1/s1. The Morgan fingerprint density at radius 2 is 2.00 bits per heavy atom. The molecular weight excluding hydrogens is 518 g/mol. The maximum Gasteiger partial charge on any atom is 0.227 e. The van der Waals surface area contributed by atoms with Crippen molar-refractivity contribution in [3.63, 3.8) is 0 Å². The van der Waals surface area contributed by atoms with Gasteiger partial charge in [-0.15, -0.1) is 0 Å². The van der Waals surface area contributed by atoms with Gasteiger partial charge in [-0.05, 0) is 56.7 Å². The van der Waals surface area contributed by atoms with Crippen molar-refractivity contribution in [2.75, 3.05) is 38.3 Å². The normalized spacial score (nSPS) is 19.2. The first-order valence-electron chi connectivity index (χ1n) is 13.3. The number of fused-ring (bicyclic) bond motifs is 1. The van der Waals surface area contributed by atoms with Crippen molar-refractivity contribution >= 4 is 34.2 Å². The number of aryl methyl sites for hydroxylation is 1. The highest BCUT2D eigenvalue weighted by molar-refractivity contribution is 6.32. The molecule has 2 aliphatic heterocycles. The number of rotatable bonds is 7. The second-order valence-electron chi connectivity index (χ2n) is 10.3. The third-order valence-corrected chi connectivity index (χ3v) is 8.10. The van der Waals surface area contributed by atoms with Gasteiger partial charge in [-0.3, -0.25) is 9.69 Å². The van der Waals surface area contributed by atoms with E-state index in [9.17, 15) is 4.79 Å². The maximum atomic E-state index is 13.2. The molecule has 2 aromatic carbocycles. The first-order chi connectivity index (χ1) is 18.9. The molecule has 0 aliphatic carbocycles. The number of aromatic nitrogens is 3. The molecule has 0 unspecified atom stereocenters. The molecule has 4 aromatic rings. The lowest BCUT2D eigenvalue weighted by molar-refractivity contribution is -0.117. The Morgan fingerprint density at radius 1 is 1.18 bits per heavy atom. The summed E-state index contributed by atoms with van der Waals surface area (Å²) in [6.45, 7) is 8.22. The van der Waals surface area contributed by atoms with E-state index in [1.165, 1.54) is 0 Å². The molecule has 9 nitrogen and oxygen atoms in total. The first kappa shape index (κ1) is 25.9. The van der Waals surface area contributed by atoms with E-state index < -0.39 is 0 Å². The summed E-state index contributed by atoms with van der Waals surface area (Å²) >= 11 is 6.46. The van der Waals surface area contributed by atoms with Crippen molar-refractivity contribution in [1.29, 1.82) is 0 Å². The van der Waals surface area contributed by atoms with Crippen LogP contribution in [0.15, 0.2) is 47.1 Å². The van der Waals surface area contributed by atoms with Crippen LogP contribution in [0.25, 0.3) is 22.2 Å². The number of amides is 1. The number of anilines is 1. The fourth-order valence-electron chi connectivity index (χ4n) is 5.68. The lowest BCUT2D eigenvalue weighted by atomic mass is 10.1. The highest BCUT2D eigenvalue weighted by Gasteiger charge is 2.37. The second kappa shape index (κ2) is 10.6. The lowest BCUT2D eigenvalue weighted by Gasteiger charge is -2.33. The molecule has 0 radical (unpaired) electrons. The molecule has 10 heteroatoms. The van der Waals surface area contributed by atoms with Crippen molar-refractivity contribution in [3.8, 4) is 17.0 Å². The molecule has 2 saturated heterocycles. The maximum absolute atomic E-state index is 13.2. The van der Waals surface area contributed by atoms with Gasteiger partial charge in [0.05, 0.1) is 42.8 Å². The lowest BCUT2D eigenvalue weighted by Crippen LogP contribution is -2.44. The van der Waals surface area contributed by atoms with Crippen LogP contribution < -0.4 is 9.64 Å². The number of halogens is 1. The van der Waals surface area contributed by atoms with Gasteiger partial charge >= 0.3 is 0 Å². The third kappa shape index (κ3) is 4.90. The van der Waals surface area contributed by atoms with Gasteiger partial charge in [0, 0.05) is 54.9 Å². The van der Waals surface area contributed by atoms with Gasteiger partial charge in [0.1, 0.15) is 11.6 Å². The van der Waals surface area contributed by atoms with Crippen molar-refractivity contribution in [2.24, 2.45) is 0 Å². The Balaban J connectivity index is 1.40. The Labute approximate surface area is 232 Å². The van der Waals surface area contributed by atoms with Gasteiger partial charge in [-0.2, -0.15) is 0 Å². The van der Waals surface area contributed by atoms with Crippen LogP contribution in [0.5, 0.6) is 5.75 Å². The Bertz CT molecular complexity index is 1510. The van der Waals surface area contributed by atoms with Crippen LogP contribution in [0.1, 0.15) is 37.3 Å². The highest BCUT2D eigenvalue weighted by atomic mass is 35.5. The molecule has 1 amide bonds. The molecule has 204 valence electrons. The summed E-state index contributed by atoms with van der Waals surface area (Å²) < 4.78 is 18.5. The van der Waals surface area contributed by atoms with Crippen LogP contribution in [0.4, 0.5) is 5.69 Å². The van der Waals surface area contributed by atoms with Crippen molar-refractivity contribution in [3.05, 3.63) is 59.1 Å². The summed E-state index contributed by atoms with van der Waals surface area (Å²) in [5.41, 5.74) is 4.18. The minimum atomic E-state index is -0.214. The zero-order valence-electron chi connectivity index (χ0n) is 22.4. The van der Waals surface area contributed by atoms with Crippen LogP contribution in [0, 0.1) is 6.92 Å². The van der Waals surface area contributed by atoms with Gasteiger partial charge < -0.3 is 23.5 Å². The number of hydrogen-bond donors (Lipinski definition) is 0. The number of morpholine rings is 1. The average molecular weight is 550 g/mol. The zero-order chi connectivity index (χ0) is 27.1. The number of methoxy groups -OCH3 is 1. The highest BCUT2D eigenvalue weighted by Crippen LogP contribution is 2.40. The van der Waals surface area contributed by atoms with E-state index in [2.05, 4.69) is 33.8 Å². The van der Waals surface area contributed by atoms with E-state index in [-0.39, 0.29) is 18.0 Å². The SMILES string of the molecule is COc1ccc(N2C(=O)CC[C@H]2c2nc(-c3ccc4onc(C)c4c3)cn2C[C@@H](C)N2CCOCC2)cc1Cl. The van der Waals surface area contributed by atoms with E-state index >= 15 is 0 Å². The number of nitrogens with zero attached hydrogens (tertiary/aromatic N) is 5. The summed E-state index contributed by atoms with van der Waals surface area (Å²) in [6.07, 6.45) is 3.23. The molecule has 2 aromatic heterocycles. The molecule has 2 aliphatic rings. The monoisotopic (exact) mass is 549 g/mol. The van der Waals surface area contributed by atoms with Crippen molar-refractivity contribution in [1.82, 2.24) is 19.6 Å². The molecule has 2 atom stereocenters. The fourth-order valence-corrected chi connectivity index (χ4v) is 5.93. The summed E-state index contributed by atoms with van der Waals surface area (Å²) in [5, 5.41) is 5.54. The topological polar surface area (TPSA) is 85.9 Å². The van der Waals surface area contributed by atoms with Crippen LogP contribution in [-0.2, 0) is 16.1 Å². The summed E-state index contributed by atoms with van der Waals surface area (Å²) in [6, 6.07) is 11.6. The molecule has 0 N–H and O–H groups in total. The van der Waals surface area contributed by atoms with Crippen LogP contribution in [0.2, 0.25) is 5.02 Å². The molecule has 6 rings (SSSR count). The molecular formula is C29H32ClN5O4. The Morgan fingerprint density at radius 3 is 2.77 bits per heavy atom. The minimum absolute atomic E-state index is 0.0556.